The smallest absolute Gasteiger partial charge is 0.205 e. The van der Waals surface area contributed by atoms with E-state index in [1.165, 1.54) is 0 Å². The summed E-state index contributed by atoms with van der Waals surface area (Å²) in [5.74, 6) is 3.13. The van der Waals surface area contributed by atoms with Crippen molar-refractivity contribution >= 4 is 16.7 Å². The average molecular weight is 361 g/mol. The van der Waals surface area contributed by atoms with Crippen molar-refractivity contribution in [3.05, 3.63) is 12.4 Å². The number of anilines is 1. The topological polar surface area (TPSA) is 65.9 Å². The summed E-state index contributed by atoms with van der Waals surface area (Å²) in [7, 11) is 4.81. The largest absolute Gasteiger partial charge is 0.493 e. The molecule has 0 spiro atoms. The van der Waals surface area contributed by atoms with Gasteiger partial charge in [0, 0.05) is 25.6 Å². The summed E-state index contributed by atoms with van der Waals surface area (Å²) in [6.45, 7) is 5.62. The molecule has 7 heteroatoms. The molecule has 1 saturated heterocycles. The Hall–Kier alpha value is -2.28. The maximum atomic E-state index is 5.73. The molecular weight excluding hydrogens is 334 g/mol. The van der Waals surface area contributed by atoms with E-state index in [0.29, 0.717) is 23.2 Å². The Morgan fingerprint density at radius 3 is 2.62 bits per heavy atom. The van der Waals surface area contributed by atoms with Gasteiger partial charge in [0.15, 0.2) is 11.5 Å². The van der Waals surface area contributed by atoms with Crippen LogP contribution in [0.15, 0.2) is 12.4 Å². The van der Waals surface area contributed by atoms with Gasteiger partial charge in [-0.2, -0.15) is 0 Å². The highest BCUT2D eigenvalue weighted by molar-refractivity contribution is 5.97. The zero-order valence-electron chi connectivity index (χ0n) is 15.9. The van der Waals surface area contributed by atoms with E-state index >= 15 is 0 Å². The zero-order valence-corrected chi connectivity index (χ0v) is 15.9. The molecule has 1 unspecified atom stereocenters. The molecule has 3 rings (SSSR count). The van der Waals surface area contributed by atoms with Gasteiger partial charge in [-0.1, -0.05) is 6.92 Å². The lowest BCUT2D eigenvalue weighted by atomic mass is 10.1. The summed E-state index contributed by atoms with van der Waals surface area (Å²) in [6.07, 6.45) is 3.72. The van der Waals surface area contributed by atoms with Gasteiger partial charge in [-0.3, -0.25) is 0 Å². The van der Waals surface area contributed by atoms with Crippen LogP contribution in [0.3, 0.4) is 0 Å². The van der Waals surface area contributed by atoms with E-state index in [2.05, 4.69) is 21.8 Å². The van der Waals surface area contributed by atoms with Crippen molar-refractivity contribution in [2.45, 2.75) is 19.8 Å². The normalized spacial score (nSPS) is 16.9. The summed E-state index contributed by atoms with van der Waals surface area (Å²) < 4.78 is 22.2. The second kappa shape index (κ2) is 8.40. The molecule has 7 nitrogen and oxygen atoms in total. The summed E-state index contributed by atoms with van der Waals surface area (Å²) >= 11 is 0. The zero-order chi connectivity index (χ0) is 18.5. The van der Waals surface area contributed by atoms with Crippen molar-refractivity contribution in [3.63, 3.8) is 0 Å². The first-order valence-electron chi connectivity index (χ1n) is 8.99. The predicted molar refractivity (Wildman–Crippen MR) is 101 cm³/mol. The number of aromatic nitrogens is 2. The molecule has 0 bridgehead atoms. The molecule has 26 heavy (non-hydrogen) atoms. The van der Waals surface area contributed by atoms with E-state index in [9.17, 15) is 0 Å². The summed E-state index contributed by atoms with van der Waals surface area (Å²) in [5, 5.41) is 0.900. The van der Waals surface area contributed by atoms with Crippen LogP contribution < -0.4 is 19.1 Å². The van der Waals surface area contributed by atoms with Crippen molar-refractivity contribution < 1.29 is 18.9 Å². The molecule has 0 amide bonds. The van der Waals surface area contributed by atoms with E-state index in [1.807, 2.05) is 6.07 Å². The molecule has 0 radical (unpaired) electrons. The lowest BCUT2D eigenvalue weighted by molar-refractivity contribution is 0.106. The highest BCUT2D eigenvalue weighted by atomic mass is 16.5. The number of nitrogens with zero attached hydrogens (tertiary/aromatic N) is 3. The van der Waals surface area contributed by atoms with Crippen LogP contribution in [0.5, 0.6) is 17.2 Å². The van der Waals surface area contributed by atoms with Crippen LogP contribution in [0.2, 0.25) is 0 Å². The van der Waals surface area contributed by atoms with Gasteiger partial charge in [0.1, 0.15) is 17.7 Å². The fourth-order valence-electron chi connectivity index (χ4n) is 3.46. The number of hydrogen-bond donors (Lipinski definition) is 0. The summed E-state index contributed by atoms with van der Waals surface area (Å²) in [4.78, 5) is 11.3. The van der Waals surface area contributed by atoms with Crippen LogP contribution in [0, 0.1) is 5.92 Å². The molecule has 0 N–H and O–H groups in total. The first-order valence-corrected chi connectivity index (χ1v) is 8.99. The molecule has 2 heterocycles. The molecule has 1 fully saturated rings. The van der Waals surface area contributed by atoms with Gasteiger partial charge < -0.3 is 23.8 Å². The van der Waals surface area contributed by atoms with Crippen LogP contribution in [-0.2, 0) is 4.74 Å². The number of hydrogen-bond acceptors (Lipinski definition) is 7. The molecule has 1 aromatic heterocycles. The van der Waals surface area contributed by atoms with Gasteiger partial charge in [0.05, 0.1) is 33.3 Å². The van der Waals surface area contributed by atoms with Crippen molar-refractivity contribution in [3.8, 4) is 17.2 Å². The Kier molecular flexibility index (Phi) is 5.98. The molecular formula is C19H27N3O4. The molecule has 1 aromatic carbocycles. The average Bonchev–Trinajstić information content (AvgIpc) is 3.14. The summed E-state index contributed by atoms with van der Waals surface area (Å²) in [6, 6.07) is 1.92. The molecule has 2 aromatic rings. The SMILES string of the molecule is CCCOCC1CCN(c2ncnc3c(OC)c(OC)c(OC)cc23)C1. The third-order valence-corrected chi connectivity index (χ3v) is 4.70. The van der Waals surface area contributed by atoms with E-state index in [0.717, 1.165) is 55.9 Å². The Morgan fingerprint density at radius 1 is 1.12 bits per heavy atom. The Balaban J connectivity index is 1.95. The van der Waals surface area contributed by atoms with Gasteiger partial charge in [0.2, 0.25) is 5.75 Å². The number of methoxy groups -OCH3 is 3. The van der Waals surface area contributed by atoms with E-state index in [4.69, 9.17) is 18.9 Å². The highest BCUT2D eigenvalue weighted by Crippen LogP contribution is 2.44. The fourth-order valence-corrected chi connectivity index (χ4v) is 3.46. The Morgan fingerprint density at radius 2 is 1.92 bits per heavy atom. The monoisotopic (exact) mass is 361 g/mol. The molecule has 0 saturated carbocycles. The molecule has 1 atom stereocenters. The maximum Gasteiger partial charge on any atom is 0.205 e. The molecule has 1 aliphatic heterocycles. The van der Waals surface area contributed by atoms with E-state index in [1.54, 1.807) is 27.7 Å². The quantitative estimate of drug-likeness (QED) is 0.670. The van der Waals surface area contributed by atoms with Crippen molar-refractivity contribution in [2.75, 3.05) is 52.5 Å². The maximum absolute atomic E-state index is 5.73. The predicted octanol–water partition coefficient (Wildman–Crippen LogP) is 2.91. The highest BCUT2D eigenvalue weighted by Gasteiger charge is 2.27. The molecule has 142 valence electrons. The Bertz CT molecular complexity index is 753. The molecule has 0 aliphatic carbocycles. The van der Waals surface area contributed by atoms with Crippen LogP contribution in [0.4, 0.5) is 5.82 Å². The lowest BCUT2D eigenvalue weighted by Gasteiger charge is -2.21. The molecule has 1 aliphatic rings. The minimum atomic E-state index is 0.522. The van der Waals surface area contributed by atoms with Gasteiger partial charge >= 0.3 is 0 Å². The van der Waals surface area contributed by atoms with Crippen LogP contribution >= 0.6 is 0 Å². The number of ether oxygens (including phenoxy) is 4. The number of benzene rings is 1. The number of rotatable bonds is 8. The first-order chi connectivity index (χ1) is 12.7. The van der Waals surface area contributed by atoms with Crippen molar-refractivity contribution in [1.82, 2.24) is 9.97 Å². The third-order valence-electron chi connectivity index (χ3n) is 4.70. The minimum absolute atomic E-state index is 0.522. The Labute approximate surface area is 154 Å². The second-order valence-corrected chi connectivity index (χ2v) is 6.41. The van der Waals surface area contributed by atoms with Gasteiger partial charge in [-0.15, -0.1) is 0 Å². The van der Waals surface area contributed by atoms with Gasteiger partial charge in [-0.05, 0) is 18.9 Å². The van der Waals surface area contributed by atoms with E-state index < -0.39 is 0 Å². The van der Waals surface area contributed by atoms with Crippen LogP contribution in [-0.4, -0.2) is 57.6 Å². The number of fused-ring (bicyclic) bond motifs is 1. The standard InChI is InChI=1S/C19H27N3O4/c1-5-8-26-11-13-6-7-22(10-13)19-14-9-15(23-2)17(24-3)18(25-4)16(14)20-12-21-19/h9,12-13H,5-8,10-11H2,1-4H3. The van der Waals surface area contributed by atoms with Crippen molar-refractivity contribution in [1.29, 1.82) is 0 Å². The van der Waals surface area contributed by atoms with Gasteiger partial charge in [0.25, 0.3) is 0 Å². The van der Waals surface area contributed by atoms with Crippen LogP contribution in [0.1, 0.15) is 19.8 Å². The second-order valence-electron chi connectivity index (χ2n) is 6.41. The fraction of sp³-hybridized carbons (Fsp3) is 0.579. The van der Waals surface area contributed by atoms with E-state index in [-0.39, 0.29) is 0 Å². The first kappa shape index (κ1) is 18.5. The third kappa shape index (κ3) is 3.49. The van der Waals surface area contributed by atoms with Crippen LogP contribution in [0.25, 0.3) is 10.9 Å². The van der Waals surface area contributed by atoms with Crippen molar-refractivity contribution in [2.24, 2.45) is 5.92 Å². The lowest BCUT2D eigenvalue weighted by Crippen LogP contribution is -2.22. The summed E-state index contributed by atoms with van der Waals surface area (Å²) in [5.41, 5.74) is 0.723. The minimum Gasteiger partial charge on any atom is -0.493 e. The van der Waals surface area contributed by atoms with Gasteiger partial charge in [-0.25, -0.2) is 9.97 Å².